The van der Waals surface area contributed by atoms with Gasteiger partial charge in [0.05, 0.1) is 22.8 Å². The predicted octanol–water partition coefficient (Wildman–Crippen LogP) is 2.73. The second kappa shape index (κ2) is 6.99. The molecule has 0 unspecified atom stereocenters. The largest absolute Gasteiger partial charge is 0.416 e. The van der Waals surface area contributed by atoms with Crippen LogP contribution < -0.4 is 10.9 Å². The number of carbonyl (C=O) groups excluding carboxylic acids is 1. The molecule has 5 nitrogen and oxygen atoms in total. The van der Waals surface area contributed by atoms with Gasteiger partial charge in [0.2, 0.25) is 5.91 Å². The molecule has 0 aliphatic rings. The number of amides is 1. The van der Waals surface area contributed by atoms with Crippen LogP contribution in [-0.4, -0.2) is 15.5 Å². The van der Waals surface area contributed by atoms with Gasteiger partial charge in [-0.05, 0) is 29.8 Å². The minimum atomic E-state index is -4.44. The summed E-state index contributed by atoms with van der Waals surface area (Å²) in [7, 11) is 0. The third-order valence-corrected chi connectivity index (χ3v) is 3.80. The van der Waals surface area contributed by atoms with E-state index in [9.17, 15) is 22.8 Å². The summed E-state index contributed by atoms with van der Waals surface area (Å²) in [5.74, 6) is -0.485. The molecule has 0 bridgehead atoms. The standard InChI is InChI=1S/C18H14F3N3O2/c19-18(20,21)13-5-3-4-12(8-13)9-23-16(25)11-24-15-7-2-1-6-14(15)22-10-17(24)26/h1-8,10H,9,11H2,(H,23,25). The Morgan fingerprint density at radius 3 is 2.65 bits per heavy atom. The summed E-state index contributed by atoms with van der Waals surface area (Å²) in [6.45, 7) is -0.318. The highest BCUT2D eigenvalue weighted by molar-refractivity contribution is 5.79. The molecule has 2 aromatic carbocycles. The molecule has 3 aromatic rings. The molecule has 26 heavy (non-hydrogen) atoms. The number of aromatic nitrogens is 2. The molecule has 0 atom stereocenters. The van der Waals surface area contributed by atoms with Crippen LogP contribution in [0.2, 0.25) is 0 Å². The first-order valence-electron chi connectivity index (χ1n) is 7.72. The van der Waals surface area contributed by atoms with Crippen LogP contribution in [0.4, 0.5) is 13.2 Å². The van der Waals surface area contributed by atoms with Gasteiger partial charge in [0.1, 0.15) is 6.54 Å². The summed E-state index contributed by atoms with van der Waals surface area (Å²) in [5, 5.41) is 2.53. The van der Waals surface area contributed by atoms with Gasteiger partial charge < -0.3 is 5.32 Å². The Morgan fingerprint density at radius 2 is 1.88 bits per heavy atom. The van der Waals surface area contributed by atoms with Gasteiger partial charge in [-0.25, -0.2) is 4.98 Å². The quantitative estimate of drug-likeness (QED) is 0.777. The molecule has 0 aliphatic carbocycles. The van der Waals surface area contributed by atoms with Crippen molar-refractivity contribution in [3.8, 4) is 0 Å². The summed E-state index contributed by atoms with van der Waals surface area (Å²) >= 11 is 0. The average Bonchev–Trinajstić information content (AvgIpc) is 2.62. The Kier molecular flexibility index (Phi) is 4.75. The molecule has 0 saturated heterocycles. The summed E-state index contributed by atoms with van der Waals surface area (Å²) in [4.78, 5) is 28.1. The fourth-order valence-corrected chi connectivity index (χ4v) is 2.54. The van der Waals surface area contributed by atoms with Gasteiger partial charge in [-0.15, -0.1) is 0 Å². The molecule has 1 amide bonds. The van der Waals surface area contributed by atoms with Crippen LogP contribution in [0.5, 0.6) is 0 Å². The molecule has 0 fully saturated rings. The van der Waals surface area contributed by atoms with Crippen molar-refractivity contribution < 1.29 is 18.0 Å². The number of hydrogen-bond acceptors (Lipinski definition) is 3. The maximum atomic E-state index is 12.7. The van der Waals surface area contributed by atoms with E-state index in [1.807, 2.05) is 0 Å². The van der Waals surface area contributed by atoms with Gasteiger partial charge in [-0.2, -0.15) is 13.2 Å². The lowest BCUT2D eigenvalue weighted by atomic mass is 10.1. The van der Waals surface area contributed by atoms with Crippen LogP contribution in [0.3, 0.4) is 0 Å². The summed E-state index contributed by atoms with van der Waals surface area (Å²) in [5.41, 5.74) is 0.186. The fraction of sp³-hybridized carbons (Fsp3) is 0.167. The van der Waals surface area contributed by atoms with Crippen molar-refractivity contribution >= 4 is 16.9 Å². The van der Waals surface area contributed by atoms with Gasteiger partial charge in [-0.1, -0.05) is 24.3 Å². The molecule has 0 spiro atoms. The fourth-order valence-electron chi connectivity index (χ4n) is 2.54. The van der Waals surface area contributed by atoms with Crippen LogP contribution >= 0.6 is 0 Å². The van der Waals surface area contributed by atoms with E-state index >= 15 is 0 Å². The van der Waals surface area contributed by atoms with E-state index < -0.39 is 23.2 Å². The molecular formula is C18H14F3N3O2. The number of hydrogen-bond donors (Lipinski definition) is 1. The lowest BCUT2D eigenvalue weighted by Gasteiger charge is -2.11. The van der Waals surface area contributed by atoms with Gasteiger partial charge >= 0.3 is 6.18 Å². The minimum Gasteiger partial charge on any atom is -0.350 e. The van der Waals surface area contributed by atoms with Crippen LogP contribution in [0.1, 0.15) is 11.1 Å². The number of nitrogens with zero attached hydrogens (tertiary/aromatic N) is 2. The first-order valence-corrected chi connectivity index (χ1v) is 7.72. The highest BCUT2D eigenvalue weighted by atomic mass is 19.4. The molecule has 0 aliphatic heterocycles. The van der Waals surface area contributed by atoms with Crippen molar-refractivity contribution in [2.75, 3.05) is 0 Å². The molecular weight excluding hydrogens is 347 g/mol. The Balaban J connectivity index is 1.73. The smallest absolute Gasteiger partial charge is 0.350 e. The Labute approximate surface area is 146 Å². The second-order valence-electron chi connectivity index (χ2n) is 5.65. The van der Waals surface area contributed by atoms with Crippen molar-refractivity contribution in [3.63, 3.8) is 0 Å². The van der Waals surface area contributed by atoms with E-state index in [0.29, 0.717) is 16.6 Å². The van der Waals surface area contributed by atoms with E-state index in [2.05, 4.69) is 10.3 Å². The third-order valence-electron chi connectivity index (χ3n) is 3.80. The number of para-hydroxylation sites is 2. The number of nitrogens with one attached hydrogen (secondary N) is 1. The number of rotatable bonds is 4. The minimum absolute atomic E-state index is 0.0689. The molecule has 1 aromatic heterocycles. The van der Waals surface area contributed by atoms with Crippen LogP contribution in [0.15, 0.2) is 59.5 Å². The van der Waals surface area contributed by atoms with Crippen LogP contribution in [-0.2, 0) is 24.1 Å². The van der Waals surface area contributed by atoms with E-state index in [4.69, 9.17) is 0 Å². The number of carbonyl (C=O) groups is 1. The molecule has 1 heterocycles. The van der Waals surface area contributed by atoms with Gasteiger partial charge in [-0.3, -0.25) is 14.2 Å². The summed E-state index contributed by atoms with van der Waals surface area (Å²) in [6, 6.07) is 11.6. The number of benzene rings is 2. The zero-order valence-corrected chi connectivity index (χ0v) is 13.5. The number of halogens is 3. The lowest BCUT2D eigenvalue weighted by Crippen LogP contribution is -2.32. The van der Waals surface area contributed by atoms with Gasteiger partial charge in [0.15, 0.2) is 0 Å². The van der Waals surface area contributed by atoms with E-state index in [1.54, 1.807) is 24.3 Å². The number of alkyl halides is 3. The zero-order chi connectivity index (χ0) is 18.7. The van der Waals surface area contributed by atoms with E-state index in [0.717, 1.165) is 18.3 Å². The average molecular weight is 361 g/mol. The lowest BCUT2D eigenvalue weighted by molar-refractivity contribution is -0.137. The van der Waals surface area contributed by atoms with E-state index in [-0.39, 0.29) is 13.1 Å². The molecule has 1 N–H and O–H groups in total. The number of fused-ring (bicyclic) bond motifs is 1. The van der Waals surface area contributed by atoms with Crippen LogP contribution in [0, 0.1) is 0 Å². The topological polar surface area (TPSA) is 64.0 Å². The van der Waals surface area contributed by atoms with E-state index in [1.165, 1.54) is 16.7 Å². The van der Waals surface area contributed by atoms with Crippen molar-refractivity contribution in [2.45, 2.75) is 19.3 Å². The molecule has 0 saturated carbocycles. The first-order chi connectivity index (χ1) is 12.3. The van der Waals surface area contributed by atoms with Crippen molar-refractivity contribution in [1.29, 1.82) is 0 Å². The molecule has 134 valence electrons. The monoisotopic (exact) mass is 361 g/mol. The van der Waals surface area contributed by atoms with Crippen molar-refractivity contribution in [2.24, 2.45) is 0 Å². The Bertz CT molecular complexity index is 1010. The first kappa shape index (κ1) is 17.7. The van der Waals surface area contributed by atoms with Crippen molar-refractivity contribution in [3.05, 3.63) is 76.2 Å². The SMILES string of the molecule is O=C(Cn1c(=O)cnc2ccccc21)NCc1cccc(C(F)(F)F)c1. The predicted molar refractivity (Wildman–Crippen MR) is 89.3 cm³/mol. The maximum absolute atomic E-state index is 12.7. The highest BCUT2D eigenvalue weighted by Crippen LogP contribution is 2.29. The Morgan fingerprint density at radius 1 is 1.12 bits per heavy atom. The van der Waals surface area contributed by atoms with Gasteiger partial charge in [0.25, 0.3) is 5.56 Å². The van der Waals surface area contributed by atoms with Crippen molar-refractivity contribution in [1.82, 2.24) is 14.9 Å². The molecule has 3 rings (SSSR count). The molecule has 0 radical (unpaired) electrons. The zero-order valence-electron chi connectivity index (χ0n) is 13.5. The normalized spacial score (nSPS) is 11.5. The maximum Gasteiger partial charge on any atom is 0.416 e. The third kappa shape index (κ3) is 3.90. The second-order valence-corrected chi connectivity index (χ2v) is 5.65. The van der Waals surface area contributed by atoms with Gasteiger partial charge in [0, 0.05) is 6.54 Å². The summed E-state index contributed by atoms with van der Waals surface area (Å²) < 4.78 is 39.4. The van der Waals surface area contributed by atoms with Crippen LogP contribution in [0.25, 0.3) is 11.0 Å². The summed E-state index contributed by atoms with van der Waals surface area (Å²) in [6.07, 6.45) is -3.31. The Hall–Kier alpha value is -3.16. The highest BCUT2D eigenvalue weighted by Gasteiger charge is 2.30. The molecule has 8 heteroatoms.